The second-order valence-electron chi connectivity index (χ2n) is 4.73. The maximum absolute atomic E-state index is 9.76. The lowest BCUT2D eigenvalue weighted by atomic mass is 10.0. The van der Waals surface area contributed by atoms with Crippen LogP contribution in [0.1, 0.15) is 43.4 Å². The van der Waals surface area contributed by atoms with E-state index in [-0.39, 0.29) is 6.10 Å². The molecular weight excluding hydrogens is 212 g/mol. The number of aliphatic hydroxyl groups excluding tert-OH is 1. The minimum absolute atomic E-state index is 0.156. The summed E-state index contributed by atoms with van der Waals surface area (Å²) < 4.78 is 5.96. The molecule has 1 aliphatic rings. The molecule has 92 valence electrons. The van der Waals surface area contributed by atoms with Crippen molar-refractivity contribution in [3.05, 3.63) is 41.5 Å². The summed E-state index contributed by atoms with van der Waals surface area (Å²) in [6.45, 7) is 3.80. The van der Waals surface area contributed by atoms with Gasteiger partial charge in [0.25, 0.3) is 0 Å². The predicted molar refractivity (Wildman–Crippen MR) is 69.2 cm³/mol. The summed E-state index contributed by atoms with van der Waals surface area (Å²) in [6.07, 6.45) is 7.35. The average Bonchev–Trinajstić information content (AvgIpc) is 2.32. The summed E-state index contributed by atoms with van der Waals surface area (Å²) >= 11 is 0. The standard InChI is InChI=1S/C15H20O2/c1-11-8-9-15(14(10-11)12(2)16)17-13-6-4-3-5-7-13/h4,6,8-10,12-13,16H,3,5,7H2,1-2H3/t12-,13?/m1/s1. The van der Waals surface area contributed by atoms with Gasteiger partial charge in [-0.05, 0) is 51.3 Å². The van der Waals surface area contributed by atoms with Crippen LogP contribution in [0.5, 0.6) is 5.75 Å². The molecule has 0 saturated heterocycles. The van der Waals surface area contributed by atoms with Crippen molar-refractivity contribution in [3.8, 4) is 5.75 Å². The number of aliphatic hydroxyl groups is 1. The molecule has 2 rings (SSSR count). The lowest BCUT2D eigenvalue weighted by molar-refractivity contribution is 0.180. The molecule has 0 saturated carbocycles. The second-order valence-corrected chi connectivity index (χ2v) is 4.73. The van der Waals surface area contributed by atoms with Crippen LogP contribution in [0.4, 0.5) is 0 Å². The highest BCUT2D eigenvalue weighted by atomic mass is 16.5. The Morgan fingerprint density at radius 2 is 2.24 bits per heavy atom. The minimum atomic E-state index is -0.488. The first kappa shape index (κ1) is 12.2. The lowest BCUT2D eigenvalue weighted by Crippen LogP contribution is -2.16. The first-order chi connectivity index (χ1) is 8.16. The molecule has 2 nitrogen and oxygen atoms in total. The monoisotopic (exact) mass is 232 g/mol. The van der Waals surface area contributed by atoms with Crippen LogP contribution in [-0.2, 0) is 0 Å². The van der Waals surface area contributed by atoms with Crippen molar-refractivity contribution in [2.24, 2.45) is 0 Å². The van der Waals surface area contributed by atoms with Crippen LogP contribution in [0, 0.1) is 6.92 Å². The number of hydrogen-bond donors (Lipinski definition) is 1. The summed E-state index contributed by atoms with van der Waals surface area (Å²) in [4.78, 5) is 0. The van der Waals surface area contributed by atoms with Crippen molar-refractivity contribution in [2.75, 3.05) is 0 Å². The Morgan fingerprint density at radius 1 is 1.41 bits per heavy atom. The number of hydrogen-bond acceptors (Lipinski definition) is 2. The Hall–Kier alpha value is -1.28. The molecule has 1 aromatic carbocycles. The van der Waals surface area contributed by atoms with Crippen molar-refractivity contribution in [2.45, 2.75) is 45.3 Å². The van der Waals surface area contributed by atoms with Gasteiger partial charge in [-0.15, -0.1) is 0 Å². The zero-order valence-corrected chi connectivity index (χ0v) is 10.5. The van der Waals surface area contributed by atoms with E-state index < -0.39 is 6.10 Å². The maximum atomic E-state index is 9.76. The van der Waals surface area contributed by atoms with E-state index in [4.69, 9.17) is 4.74 Å². The van der Waals surface area contributed by atoms with Gasteiger partial charge in [0.05, 0.1) is 6.10 Å². The highest BCUT2D eigenvalue weighted by Gasteiger charge is 2.14. The van der Waals surface area contributed by atoms with Crippen molar-refractivity contribution >= 4 is 0 Å². The van der Waals surface area contributed by atoms with E-state index in [0.717, 1.165) is 29.7 Å². The Kier molecular flexibility index (Phi) is 3.85. The van der Waals surface area contributed by atoms with Crippen molar-refractivity contribution < 1.29 is 9.84 Å². The van der Waals surface area contributed by atoms with Crippen LogP contribution in [0.15, 0.2) is 30.4 Å². The molecule has 0 amide bonds. The molecule has 0 spiro atoms. The average molecular weight is 232 g/mol. The molecule has 0 bridgehead atoms. The topological polar surface area (TPSA) is 29.5 Å². The molecule has 0 heterocycles. The molecule has 0 fully saturated rings. The molecule has 1 unspecified atom stereocenters. The fourth-order valence-corrected chi connectivity index (χ4v) is 2.14. The molecule has 0 radical (unpaired) electrons. The maximum Gasteiger partial charge on any atom is 0.126 e. The predicted octanol–water partition coefficient (Wildman–Crippen LogP) is 3.54. The van der Waals surface area contributed by atoms with Crippen LogP contribution >= 0.6 is 0 Å². The van der Waals surface area contributed by atoms with E-state index in [1.165, 1.54) is 6.42 Å². The van der Waals surface area contributed by atoms with Gasteiger partial charge in [-0.1, -0.05) is 17.7 Å². The van der Waals surface area contributed by atoms with Gasteiger partial charge in [-0.3, -0.25) is 0 Å². The summed E-state index contributed by atoms with van der Waals surface area (Å²) in [7, 11) is 0. The van der Waals surface area contributed by atoms with Gasteiger partial charge in [0.15, 0.2) is 0 Å². The van der Waals surface area contributed by atoms with Gasteiger partial charge in [-0.25, -0.2) is 0 Å². The molecule has 0 aromatic heterocycles. The van der Waals surface area contributed by atoms with E-state index in [0.29, 0.717) is 0 Å². The molecule has 17 heavy (non-hydrogen) atoms. The number of rotatable bonds is 3. The third kappa shape index (κ3) is 3.10. The van der Waals surface area contributed by atoms with Crippen molar-refractivity contribution in [1.82, 2.24) is 0 Å². The highest BCUT2D eigenvalue weighted by Crippen LogP contribution is 2.28. The number of allylic oxidation sites excluding steroid dienone is 1. The van der Waals surface area contributed by atoms with Gasteiger partial charge in [0.1, 0.15) is 11.9 Å². The fraction of sp³-hybridized carbons (Fsp3) is 0.467. The van der Waals surface area contributed by atoms with Crippen molar-refractivity contribution in [3.63, 3.8) is 0 Å². The molecule has 1 aromatic rings. The Labute approximate surface area is 103 Å². The molecule has 1 N–H and O–H groups in total. The van der Waals surface area contributed by atoms with Crippen LogP contribution in [0.3, 0.4) is 0 Å². The van der Waals surface area contributed by atoms with Crippen LogP contribution in [0.2, 0.25) is 0 Å². The van der Waals surface area contributed by atoms with E-state index in [9.17, 15) is 5.11 Å². The normalized spacial score (nSPS) is 21.2. The van der Waals surface area contributed by atoms with Crippen LogP contribution in [-0.4, -0.2) is 11.2 Å². The first-order valence-corrected chi connectivity index (χ1v) is 6.29. The minimum Gasteiger partial charge on any atom is -0.486 e. The van der Waals surface area contributed by atoms with E-state index in [1.807, 2.05) is 25.1 Å². The van der Waals surface area contributed by atoms with Gasteiger partial charge in [0, 0.05) is 5.56 Å². The van der Waals surface area contributed by atoms with Crippen LogP contribution < -0.4 is 4.74 Å². The van der Waals surface area contributed by atoms with Gasteiger partial charge < -0.3 is 9.84 Å². The summed E-state index contributed by atoms with van der Waals surface area (Å²) in [5, 5.41) is 9.76. The number of benzene rings is 1. The van der Waals surface area contributed by atoms with E-state index in [1.54, 1.807) is 6.92 Å². The molecule has 2 heteroatoms. The summed E-state index contributed by atoms with van der Waals surface area (Å²) in [5.74, 6) is 0.808. The Morgan fingerprint density at radius 3 is 2.88 bits per heavy atom. The molecule has 2 atom stereocenters. The Bertz CT molecular complexity index is 407. The fourth-order valence-electron chi connectivity index (χ4n) is 2.14. The smallest absolute Gasteiger partial charge is 0.126 e. The van der Waals surface area contributed by atoms with Gasteiger partial charge in [-0.2, -0.15) is 0 Å². The summed E-state index contributed by atoms with van der Waals surface area (Å²) in [5.41, 5.74) is 2.02. The zero-order valence-electron chi connectivity index (χ0n) is 10.5. The van der Waals surface area contributed by atoms with Gasteiger partial charge in [0.2, 0.25) is 0 Å². The lowest BCUT2D eigenvalue weighted by Gasteiger charge is -2.21. The largest absolute Gasteiger partial charge is 0.486 e. The highest BCUT2D eigenvalue weighted by molar-refractivity contribution is 5.38. The number of aryl methyl sites for hydroxylation is 1. The zero-order chi connectivity index (χ0) is 12.3. The van der Waals surface area contributed by atoms with E-state index >= 15 is 0 Å². The SMILES string of the molecule is Cc1ccc(OC2C=CCCC2)c([C@@H](C)O)c1. The third-order valence-electron chi connectivity index (χ3n) is 3.10. The van der Waals surface area contributed by atoms with Gasteiger partial charge >= 0.3 is 0 Å². The molecule has 0 aliphatic heterocycles. The summed E-state index contributed by atoms with van der Waals surface area (Å²) in [6, 6.07) is 5.97. The van der Waals surface area contributed by atoms with Crippen LogP contribution in [0.25, 0.3) is 0 Å². The quantitative estimate of drug-likeness (QED) is 0.808. The second kappa shape index (κ2) is 5.37. The Balaban J connectivity index is 2.19. The van der Waals surface area contributed by atoms with Crippen molar-refractivity contribution in [1.29, 1.82) is 0 Å². The molecular formula is C15H20O2. The first-order valence-electron chi connectivity index (χ1n) is 6.29. The third-order valence-corrected chi connectivity index (χ3v) is 3.10. The molecule has 1 aliphatic carbocycles. The number of ether oxygens (including phenoxy) is 1. The van der Waals surface area contributed by atoms with E-state index in [2.05, 4.69) is 12.2 Å².